The van der Waals surface area contributed by atoms with Crippen LogP contribution in [0.1, 0.15) is 52.1 Å². The largest absolute Gasteiger partial charge is 0.345 e. The molecule has 0 aliphatic rings. The third-order valence-electron chi connectivity index (χ3n) is 3.10. The molecule has 0 aliphatic carbocycles. The molecule has 0 fully saturated rings. The number of hydrogen-bond acceptors (Lipinski definition) is 2. The second-order valence-electron chi connectivity index (χ2n) is 5.99. The SMILES string of the molecule is CC(C)c1ncc2c(cc(C(C)(C)C)n2C)n1. The van der Waals surface area contributed by atoms with Gasteiger partial charge in [0, 0.05) is 24.1 Å². The van der Waals surface area contributed by atoms with Crippen molar-refractivity contribution in [1.29, 1.82) is 0 Å². The van der Waals surface area contributed by atoms with Crippen molar-refractivity contribution in [2.45, 2.75) is 46.0 Å². The highest BCUT2D eigenvalue weighted by atomic mass is 15.0. The molecule has 0 aromatic carbocycles. The predicted molar refractivity (Wildman–Crippen MR) is 71.3 cm³/mol. The van der Waals surface area contributed by atoms with Crippen molar-refractivity contribution in [3.8, 4) is 0 Å². The van der Waals surface area contributed by atoms with Crippen LogP contribution in [-0.4, -0.2) is 14.5 Å². The molecule has 0 amide bonds. The van der Waals surface area contributed by atoms with Gasteiger partial charge in [-0.15, -0.1) is 0 Å². The first-order valence-electron chi connectivity index (χ1n) is 6.13. The summed E-state index contributed by atoms with van der Waals surface area (Å²) in [7, 11) is 2.08. The minimum Gasteiger partial charge on any atom is -0.345 e. The lowest BCUT2D eigenvalue weighted by Crippen LogP contribution is -2.15. The van der Waals surface area contributed by atoms with E-state index in [0.717, 1.165) is 16.9 Å². The molecule has 2 rings (SSSR count). The standard InChI is InChI=1S/C14H21N3/c1-9(2)13-15-8-11-10(16-13)7-12(17(11)6)14(3,4)5/h7-9H,1-6H3. The van der Waals surface area contributed by atoms with Gasteiger partial charge in [-0.05, 0) is 6.07 Å². The fourth-order valence-electron chi connectivity index (χ4n) is 2.12. The van der Waals surface area contributed by atoms with Gasteiger partial charge in [0.2, 0.25) is 0 Å². The number of aryl methyl sites for hydroxylation is 1. The summed E-state index contributed by atoms with van der Waals surface area (Å²) in [5, 5.41) is 0. The molecular formula is C14H21N3. The molecule has 0 N–H and O–H groups in total. The number of aromatic nitrogens is 3. The van der Waals surface area contributed by atoms with E-state index >= 15 is 0 Å². The molecule has 2 aromatic heterocycles. The van der Waals surface area contributed by atoms with Gasteiger partial charge in [0.1, 0.15) is 5.82 Å². The van der Waals surface area contributed by atoms with E-state index in [1.54, 1.807) is 0 Å². The maximum Gasteiger partial charge on any atom is 0.131 e. The number of hydrogen-bond donors (Lipinski definition) is 0. The molecule has 0 saturated carbocycles. The number of nitrogens with zero attached hydrogens (tertiary/aromatic N) is 3. The summed E-state index contributed by atoms with van der Waals surface area (Å²) in [4.78, 5) is 9.07. The van der Waals surface area contributed by atoms with Gasteiger partial charge in [-0.1, -0.05) is 34.6 Å². The minimum absolute atomic E-state index is 0.132. The van der Waals surface area contributed by atoms with E-state index in [2.05, 4.69) is 62.3 Å². The smallest absolute Gasteiger partial charge is 0.131 e. The van der Waals surface area contributed by atoms with Crippen molar-refractivity contribution in [2.24, 2.45) is 7.05 Å². The first-order chi connectivity index (χ1) is 7.80. The third kappa shape index (κ3) is 2.06. The molecule has 0 aliphatic heterocycles. The van der Waals surface area contributed by atoms with Crippen LogP contribution in [0.2, 0.25) is 0 Å². The second kappa shape index (κ2) is 3.83. The Bertz CT molecular complexity index is 544. The van der Waals surface area contributed by atoms with Crippen molar-refractivity contribution in [3.63, 3.8) is 0 Å². The summed E-state index contributed by atoms with van der Waals surface area (Å²) in [6.45, 7) is 10.9. The summed E-state index contributed by atoms with van der Waals surface area (Å²) in [6.07, 6.45) is 1.94. The summed E-state index contributed by atoms with van der Waals surface area (Å²) in [5.74, 6) is 1.29. The Kier molecular flexibility index (Phi) is 2.72. The van der Waals surface area contributed by atoms with E-state index in [9.17, 15) is 0 Å². The zero-order chi connectivity index (χ0) is 12.8. The van der Waals surface area contributed by atoms with Gasteiger partial charge in [-0.3, -0.25) is 0 Å². The van der Waals surface area contributed by atoms with Crippen LogP contribution in [0.5, 0.6) is 0 Å². The molecule has 0 saturated heterocycles. The molecule has 0 bridgehead atoms. The predicted octanol–water partition coefficient (Wildman–Crippen LogP) is 3.39. The van der Waals surface area contributed by atoms with Gasteiger partial charge in [-0.2, -0.15) is 0 Å². The van der Waals surface area contributed by atoms with Gasteiger partial charge < -0.3 is 4.57 Å². The van der Waals surface area contributed by atoms with Gasteiger partial charge in [0.25, 0.3) is 0 Å². The first kappa shape index (κ1) is 12.1. The Morgan fingerprint density at radius 3 is 2.41 bits per heavy atom. The fraction of sp³-hybridized carbons (Fsp3) is 0.571. The zero-order valence-corrected chi connectivity index (χ0v) is 11.6. The van der Waals surface area contributed by atoms with E-state index in [1.807, 2.05) is 6.20 Å². The summed E-state index contributed by atoms with van der Waals surface area (Å²) in [6, 6.07) is 2.18. The lowest BCUT2D eigenvalue weighted by molar-refractivity contribution is 0.547. The van der Waals surface area contributed by atoms with Crippen molar-refractivity contribution < 1.29 is 0 Å². The highest BCUT2D eigenvalue weighted by Gasteiger charge is 2.20. The summed E-state index contributed by atoms with van der Waals surface area (Å²) < 4.78 is 2.19. The Labute approximate surface area is 103 Å². The molecule has 92 valence electrons. The van der Waals surface area contributed by atoms with Gasteiger partial charge >= 0.3 is 0 Å². The van der Waals surface area contributed by atoms with Crippen LogP contribution in [-0.2, 0) is 12.5 Å². The van der Waals surface area contributed by atoms with Crippen LogP contribution in [0.3, 0.4) is 0 Å². The van der Waals surface area contributed by atoms with Crippen molar-refractivity contribution in [2.75, 3.05) is 0 Å². The van der Waals surface area contributed by atoms with E-state index < -0.39 is 0 Å². The average Bonchev–Trinajstić information content (AvgIpc) is 2.55. The third-order valence-corrected chi connectivity index (χ3v) is 3.10. The summed E-state index contributed by atoms with van der Waals surface area (Å²) >= 11 is 0. The molecule has 17 heavy (non-hydrogen) atoms. The molecular weight excluding hydrogens is 210 g/mol. The quantitative estimate of drug-likeness (QED) is 0.753. The molecule has 2 aromatic rings. The maximum atomic E-state index is 4.64. The van der Waals surface area contributed by atoms with E-state index in [-0.39, 0.29) is 5.41 Å². The van der Waals surface area contributed by atoms with Crippen LogP contribution < -0.4 is 0 Å². The highest BCUT2D eigenvalue weighted by molar-refractivity contribution is 5.76. The molecule has 0 atom stereocenters. The number of rotatable bonds is 1. The highest BCUT2D eigenvalue weighted by Crippen LogP contribution is 2.27. The topological polar surface area (TPSA) is 30.7 Å². The number of fused-ring (bicyclic) bond motifs is 1. The van der Waals surface area contributed by atoms with Crippen LogP contribution in [0, 0.1) is 0 Å². The van der Waals surface area contributed by atoms with Crippen molar-refractivity contribution in [3.05, 3.63) is 23.8 Å². The van der Waals surface area contributed by atoms with Crippen LogP contribution in [0.15, 0.2) is 12.3 Å². The van der Waals surface area contributed by atoms with Crippen LogP contribution in [0.25, 0.3) is 11.0 Å². The van der Waals surface area contributed by atoms with E-state index in [4.69, 9.17) is 0 Å². The van der Waals surface area contributed by atoms with Gasteiger partial charge in [0.15, 0.2) is 0 Å². The molecule has 0 radical (unpaired) electrons. The molecule has 0 unspecified atom stereocenters. The Balaban J connectivity index is 2.66. The van der Waals surface area contributed by atoms with E-state index in [0.29, 0.717) is 5.92 Å². The Hall–Kier alpha value is -1.38. The second-order valence-corrected chi connectivity index (χ2v) is 5.99. The normalized spacial score (nSPS) is 12.6. The van der Waals surface area contributed by atoms with Crippen LogP contribution >= 0.6 is 0 Å². The van der Waals surface area contributed by atoms with Crippen molar-refractivity contribution >= 4 is 11.0 Å². The monoisotopic (exact) mass is 231 g/mol. The Morgan fingerprint density at radius 1 is 1.24 bits per heavy atom. The lowest BCUT2D eigenvalue weighted by Gasteiger charge is -2.19. The summed E-state index contributed by atoms with van der Waals surface area (Å²) in [5.41, 5.74) is 3.59. The molecule has 0 spiro atoms. The lowest BCUT2D eigenvalue weighted by atomic mass is 9.92. The molecule has 3 heteroatoms. The minimum atomic E-state index is 0.132. The molecule has 2 heterocycles. The molecule has 3 nitrogen and oxygen atoms in total. The Morgan fingerprint density at radius 2 is 1.88 bits per heavy atom. The van der Waals surface area contributed by atoms with Crippen LogP contribution in [0.4, 0.5) is 0 Å². The first-order valence-corrected chi connectivity index (χ1v) is 6.13. The van der Waals surface area contributed by atoms with Crippen molar-refractivity contribution in [1.82, 2.24) is 14.5 Å². The fourth-order valence-corrected chi connectivity index (χ4v) is 2.12. The zero-order valence-electron chi connectivity index (χ0n) is 11.6. The van der Waals surface area contributed by atoms with Gasteiger partial charge in [0.05, 0.1) is 17.2 Å². The maximum absolute atomic E-state index is 4.64. The average molecular weight is 231 g/mol. The van der Waals surface area contributed by atoms with Gasteiger partial charge in [-0.25, -0.2) is 9.97 Å². The van der Waals surface area contributed by atoms with E-state index in [1.165, 1.54) is 5.69 Å².